The van der Waals surface area contributed by atoms with Crippen molar-refractivity contribution in [2.24, 2.45) is 0 Å². The van der Waals surface area contributed by atoms with E-state index in [0.717, 1.165) is 37.4 Å². The molecule has 1 saturated heterocycles. The van der Waals surface area contributed by atoms with Gasteiger partial charge in [0.25, 0.3) is 5.91 Å². The maximum Gasteiger partial charge on any atom is 0.271 e. The normalized spacial score (nSPS) is 15.3. The molecule has 0 spiro atoms. The zero-order chi connectivity index (χ0) is 19.4. The molecular formula is C22H32N4O. The molecule has 1 amide bonds. The van der Waals surface area contributed by atoms with E-state index in [0.29, 0.717) is 12.2 Å². The van der Waals surface area contributed by atoms with Crippen LogP contribution in [-0.2, 0) is 12.0 Å². The molecule has 1 fully saturated rings. The Labute approximate surface area is 162 Å². The Morgan fingerprint density at radius 1 is 1.15 bits per heavy atom. The number of aromatic nitrogens is 2. The monoisotopic (exact) mass is 368 g/mol. The van der Waals surface area contributed by atoms with Gasteiger partial charge in [0.15, 0.2) is 5.69 Å². The number of benzene rings is 1. The van der Waals surface area contributed by atoms with Gasteiger partial charge >= 0.3 is 0 Å². The minimum atomic E-state index is -0.0889. The summed E-state index contributed by atoms with van der Waals surface area (Å²) in [6, 6.07) is 10.5. The van der Waals surface area contributed by atoms with Gasteiger partial charge in [0.1, 0.15) is 0 Å². The van der Waals surface area contributed by atoms with Crippen LogP contribution < -0.4 is 5.32 Å². The molecule has 1 aromatic carbocycles. The van der Waals surface area contributed by atoms with Crippen LogP contribution in [0.4, 0.5) is 0 Å². The summed E-state index contributed by atoms with van der Waals surface area (Å²) >= 11 is 0. The second-order valence-corrected chi connectivity index (χ2v) is 8.36. The molecule has 146 valence electrons. The lowest BCUT2D eigenvalue weighted by Gasteiger charge is -2.19. The summed E-state index contributed by atoms with van der Waals surface area (Å²) in [5.41, 5.74) is 4.00. The Morgan fingerprint density at radius 2 is 1.81 bits per heavy atom. The fraction of sp³-hybridized carbons (Fsp3) is 0.545. The maximum absolute atomic E-state index is 12.5. The van der Waals surface area contributed by atoms with Crippen LogP contribution >= 0.6 is 0 Å². The fourth-order valence-corrected chi connectivity index (χ4v) is 3.57. The molecule has 2 aromatic rings. The topological polar surface area (TPSA) is 50.2 Å². The zero-order valence-electron chi connectivity index (χ0n) is 17.1. The summed E-state index contributed by atoms with van der Waals surface area (Å²) in [7, 11) is 0. The van der Waals surface area contributed by atoms with Gasteiger partial charge in [0, 0.05) is 19.6 Å². The van der Waals surface area contributed by atoms with E-state index in [4.69, 9.17) is 0 Å². The van der Waals surface area contributed by atoms with Crippen LogP contribution in [-0.4, -0.2) is 46.8 Å². The van der Waals surface area contributed by atoms with Crippen molar-refractivity contribution in [2.45, 2.75) is 52.5 Å². The molecule has 0 radical (unpaired) electrons. The predicted octanol–water partition coefficient (Wildman–Crippen LogP) is 3.69. The number of likely N-dealkylation sites (tertiary alicyclic amines) is 1. The number of aryl methyl sites for hydroxylation is 1. The number of carbonyl (C=O) groups excluding carboxylic acids is 1. The van der Waals surface area contributed by atoms with Crippen molar-refractivity contribution < 1.29 is 4.79 Å². The molecule has 2 heterocycles. The molecule has 0 unspecified atom stereocenters. The van der Waals surface area contributed by atoms with Crippen molar-refractivity contribution in [3.63, 3.8) is 0 Å². The number of hydrogen-bond acceptors (Lipinski definition) is 3. The first-order valence-corrected chi connectivity index (χ1v) is 10.1. The predicted molar refractivity (Wildman–Crippen MR) is 110 cm³/mol. The molecule has 5 nitrogen and oxygen atoms in total. The van der Waals surface area contributed by atoms with Gasteiger partial charge < -0.3 is 10.2 Å². The number of nitrogens with zero attached hydrogens (tertiary/aromatic N) is 3. The highest BCUT2D eigenvalue weighted by atomic mass is 16.1. The summed E-state index contributed by atoms with van der Waals surface area (Å²) in [6.07, 6.45) is 2.54. The number of nitrogens with one attached hydrogen (secondary N) is 1. The largest absolute Gasteiger partial charge is 0.349 e. The highest BCUT2D eigenvalue weighted by Crippen LogP contribution is 2.26. The van der Waals surface area contributed by atoms with Gasteiger partial charge in [-0.05, 0) is 55.5 Å². The quantitative estimate of drug-likeness (QED) is 0.846. The number of amides is 1. The van der Waals surface area contributed by atoms with Crippen LogP contribution in [0.2, 0.25) is 0 Å². The van der Waals surface area contributed by atoms with Crippen LogP contribution in [0.1, 0.15) is 56.6 Å². The first-order chi connectivity index (χ1) is 12.9. The van der Waals surface area contributed by atoms with Crippen LogP contribution in [0.15, 0.2) is 30.3 Å². The molecule has 1 aliphatic rings. The standard InChI is InChI=1S/C22H32N4O/c1-5-26-20(17-8-10-18(11-9-17)22(2,3)4)16-19(24-26)21(27)23-12-15-25-13-6-7-14-25/h8-11,16H,5-7,12-15H2,1-4H3,(H,23,27). The van der Waals surface area contributed by atoms with E-state index in [1.54, 1.807) is 0 Å². The highest BCUT2D eigenvalue weighted by molar-refractivity contribution is 5.93. The number of carbonyl (C=O) groups is 1. The minimum absolute atomic E-state index is 0.0889. The average molecular weight is 369 g/mol. The average Bonchev–Trinajstić information content (AvgIpc) is 3.30. The Bertz CT molecular complexity index is 765. The highest BCUT2D eigenvalue weighted by Gasteiger charge is 2.17. The fourth-order valence-electron chi connectivity index (χ4n) is 3.57. The van der Waals surface area contributed by atoms with Crippen molar-refractivity contribution in [1.82, 2.24) is 20.0 Å². The lowest BCUT2D eigenvalue weighted by atomic mass is 9.86. The van der Waals surface area contributed by atoms with E-state index in [-0.39, 0.29) is 11.3 Å². The van der Waals surface area contributed by atoms with Crippen LogP contribution in [0.25, 0.3) is 11.3 Å². The summed E-state index contributed by atoms with van der Waals surface area (Å²) in [6.45, 7) is 13.3. The molecule has 0 aliphatic carbocycles. The Balaban J connectivity index is 1.69. The Hall–Kier alpha value is -2.14. The van der Waals surface area contributed by atoms with Gasteiger partial charge in [-0.1, -0.05) is 45.0 Å². The first kappa shape index (κ1) is 19.6. The number of rotatable bonds is 6. The molecule has 0 atom stereocenters. The first-order valence-electron chi connectivity index (χ1n) is 10.1. The second kappa shape index (κ2) is 8.26. The van der Waals surface area contributed by atoms with Crippen molar-refractivity contribution >= 4 is 5.91 Å². The minimum Gasteiger partial charge on any atom is -0.349 e. The van der Waals surface area contributed by atoms with E-state index in [2.05, 4.69) is 67.3 Å². The van der Waals surface area contributed by atoms with Crippen molar-refractivity contribution in [3.05, 3.63) is 41.6 Å². The molecule has 1 N–H and O–H groups in total. The maximum atomic E-state index is 12.5. The van der Waals surface area contributed by atoms with Crippen molar-refractivity contribution in [3.8, 4) is 11.3 Å². The van der Waals surface area contributed by atoms with E-state index in [1.807, 2.05) is 10.7 Å². The van der Waals surface area contributed by atoms with E-state index < -0.39 is 0 Å². The zero-order valence-corrected chi connectivity index (χ0v) is 17.1. The van der Waals surface area contributed by atoms with Crippen LogP contribution in [0, 0.1) is 0 Å². The summed E-state index contributed by atoms with van der Waals surface area (Å²) in [5, 5.41) is 7.53. The molecule has 1 aliphatic heterocycles. The summed E-state index contributed by atoms with van der Waals surface area (Å²) in [4.78, 5) is 14.9. The Kier molecular flexibility index (Phi) is 6.00. The summed E-state index contributed by atoms with van der Waals surface area (Å²) in [5.74, 6) is -0.0889. The van der Waals surface area contributed by atoms with Gasteiger partial charge in [-0.2, -0.15) is 5.10 Å². The van der Waals surface area contributed by atoms with Gasteiger partial charge in [0.2, 0.25) is 0 Å². The Morgan fingerprint density at radius 3 is 2.41 bits per heavy atom. The third-order valence-electron chi connectivity index (χ3n) is 5.27. The third kappa shape index (κ3) is 4.78. The number of hydrogen-bond donors (Lipinski definition) is 1. The third-order valence-corrected chi connectivity index (χ3v) is 5.27. The van der Waals surface area contributed by atoms with E-state index >= 15 is 0 Å². The molecule has 0 saturated carbocycles. The second-order valence-electron chi connectivity index (χ2n) is 8.36. The lowest BCUT2D eigenvalue weighted by molar-refractivity contribution is 0.0944. The molecule has 27 heavy (non-hydrogen) atoms. The smallest absolute Gasteiger partial charge is 0.271 e. The van der Waals surface area contributed by atoms with Gasteiger partial charge in [0.05, 0.1) is 5.69 Å². The van der Waals surface area contributed by atoms with Gasteiger partial charge in [-0.15, -0.1) is 0 Å². The molecular weight excluding hydrogens is 336 g/mol. The van der Waals surface area contributed by atoms with Gasteiger partial charge in [-0.25, -0.2) is 0 Å². The van der Waals surface area contributed by atoms with Crippen molar-refractivity contribution in [2.75, 3.05) is 26.2 Å². The molecule has 5 heteroatoms. The van der Waals surface area contributed by atoms with Gasteiger partial charge in [-0.3, -0.25) is 9.48 Å². The SMILES string of the molecule is CCn1nc(C(=O)NCCN2CCCC2)cc1-c1ccc(C(C)(C)C)cc1. The molecule has 0 bridgehead atoms. The lowest BCUT2D eigenvalue weighted by Crippen LogP contribution is -2.33. The molecule has 1 aromatic heterocycles. The van der Waals surface area contributed by atoms with E-state index in [1.165, 1.54) is 18.4 Å². The van der Waals surface area contributed by atoms with Crippen molar-refractivity contribution in [1.29, 1.82) is 0 Å². The van der Waals surface area contributed by atoms with E-state index in [9.17, 15) is 4.79 Å². The summed E-state index contributed by atoms with van der Waals surface area (Å²) < 4.78 is 1.90. The van der Waals surface area contributed by atoms with Crippen LogP contribution in [0.3, 0.4) is 0 Å². The molecule has 3 rings (SSSR count). The van der Waals surface area contributed by atoms with Crippen LogP contribution in [0.5, 0.6) is 0 Å².